The van der Waals surface area contributed by atoms with Crippen molar-refractivity contribution in [2.75, 3.05) is 5.32 Å². The molecule has 19 heavy (non-hydrogen) atoms. The molecule has 0 aliphatic heterocycles. The molecule has 0 aliphatic rings. The zero-order chi connectivity index (χ0) is 13.7. The van der Waals surface area contributed by atoms with Gasteiger partial charge in [0, 0.05) is 6.04 Å². The summed E-state index contributed by atoms with van der Waals surface area (Å²) >= 11 is 0. The molecule has 1 unspecified atom stereocenters. The molecule has 1 N–H and O–H groups in total. The smallest absolute Gasteiger partial charge is 0.115 e. The predicted molar refractivity (Wildman–Crippen MR) is 79.1 cm³/mol. The summed E-state index contributed by atoms with van der Waals surface area (Å²) in [6.45, 7) is 6.63. The number of nitrogens with one attached hydrogen (secondary N) is 1. The van der Waals surface area contributed by atoms with Crippen LogP contribution in [-0.4, -0.2) is 9.97 Å². The third-order valence-corrected chi connectivity index (χ3v) is 3.07. The highest BCUT2D eigenvalue weighted by Crippen LogP contribution is 2.19. The van der Waals surface area contributed by atoms with Crippen LogP contribution in [-0.2, 0) is 6.42 Å². The molecule has 3 heteroatoms. The molecule has 0 bridgehead atoms. The van der Waals surface area contributed by atoms with Crippen molar-refractivity contribution in [3.8, 4) is 0 Å². The van der Waals surface area contributed by atoms with Gasteiger partial charge in [0.25, 0.3) is 0 Å². The minimum atomic E-state index is 0.249. The van der Waals surface area contributed by atoms with Crippen LogP contribution >= 0.6 is 0 Å². The first-order chi connectivity index (χ1) is 9.15. The van der Waals surface area contributed by atoms with Crippen molar-refractivity contribution in [3.05, 3.63) is 54.1 Å². The van der Waals surface area contributed by atoms with Crippen molar-refractivity contribution in [2.45, 2.75) is 33.2 Å². The topological polar surface area (TPSA) is 37.8 Å². The van der Waals surface area contributed by atoms with E-state index in [1.165, 1.54) is 17.5 Å². The third kappa shape index (κ3) is 4.05. The standard InChI is InChI=1S/C16H21N3/c1-12(2)8-14-4-6-15(7-5-14)13(3)19-16-9-17-11-18-10-16/h4-7,9-13,19H,8H2,1-3H3. The van der Waals surface area contributed by atoms with E-state index >= 15 is 0 Å². The lowest BCUT2D eigenvalue weighted by atomic mass is 10.00. The lowest BCUT2D eigenvalue weighted by molar-refractivity contribution is 0.647. The van der Waals surface area contributed by atoms with Gasteiger partial charge < -0.3 is 5.32 Å². The van der Waals surface area contributed by atoms with Crippen molar-refractivity contribution in [1.82, 2.24) is 9.97 Å². The van der Waals surface area contributed by atoms with Gasteiger partial charge in [0.05, 0.1) is 18.1 Å². The maximum Gasteiger partial charge on any atom is 0.115 e. The summed E-state index contributed by atoms with van der Waals surface area (Å²) in [4.78, 5) is 8.01. The van der Waals surface area contributed by atoms with Gasteiger partial charge in [0.15, 0.2) is 0 Å². The Labute approximate surface area is 115 Å². The first-order valence-electron chi connectivity index (χ1n) is 6.75. The highest BCUT2D eigenvalue weighted by atomic mass is 15.0. The van der Waals surface area contributed by atoms with Crippen LogP contribution in [0.1, 0.15) is 37.9 Å². The lowest BCUT2D eigenvalue weighted by Gasteiger charge is -2.15. The number of nitrogens with zero attached hydrogens (tertiary/aromatic N) is 2. The van der Waals surface area contributed by atoms with Gasteiger partial charge >= 0.3 is 0 Å². The molecule has 100 valence electrons. The van der Waals surface area contributed by atoms with Gasteiger partial charge in [-0.3, -0.25) is 0 Å². The molecule has 0 radical (unpaired) electrons. The largest absolute Gasteiger partial charge is 0.376 e. The lowest BCUT2D eigenvalue weighted by Crippen LogP contribution is -2.07. The van der Waals surface area contributed by atoms with Crippen molar-refractivity contribution < 1.29 is 0 Å². The summed E-state index contributed by atoms with van der Waals surface area (Å²) < 4.78 is 0. The second-order valence-electron chi connectivity index (χ2n) is 5.33. The minimum absolute atomic E-state index is 0.249. The fourth-order valence-electron chi connectivity index (χ4n) is 2.12. The maximum atomic E-state index is 4.00. The number of hydrogen-bond acceptors (Lipinski definition) is 3. The second-order valence-corrected chi connectivity index (χ2v) is 5.33. The molecule has 2 rings (SSSR count). The molecule has 3 nitrogen and oxygen atoms in total. The van der Waals surface area contributed by atoms with Crippen molar-refractivity contribution in [1.29, 1.82) is 0 Å². The number of hydrogen-bond donors (Lipinski definition) is 1. The average Bonchev–Trinajstić information content (AvgIpc) is 2.40. The van der Waals surface area contributed by atoms with Gasteiger partial charge in [-0.1, -0.05) is 38.1 Å². The fraction of sp³-hybridized carbons (Fsp3) is 0.375. The minimum Gasteiger partial charge on any atom is -0.376 e. The third-order valence-electron chi connectivity index (χ3n) is 3.07. The Morgan fingerprint density at radius 2 is 1.63 bits per heavy atom. The number of anilines is 1. The molecular formula is C16H21N3. The highest BCUT2D eigenvalue weighted by molar-refractivity contribution is 5.41. The summed E-state index contributed by atoms with van der Waals surface area (Å²) in [5.74, 6) is 0.697. The van der Waals surface area contributed by atoms with Crippen molar-refractivity contribution >= 4 is 5.69 Å². The van der Waals surface area contributed by atoms with Crippen LogP contribution in [0.15, 0.2) is 43.0 Å². The molecule has 0 fully saturated rings. The van der Waals surface area contributed by atoms with Crippen LogP contribution in [0.25, 0.3) is 0 Å². The maximum absolute atomic E-state index is 4.00. The molecular weight excluding hydrogens is 234 g/mol. The molecule has 2 aromatic rings. The molecule has 1 aromatic carbocycles. The van der Waals surface area contributed by atoms with Gasteiger partial charge in [-0.2, -0.15) is 0 Å². The van der Waals surface area contributed by atoms with E-state index in [2.05, 4.69) is 60.3 Å². The van der Waals surface area contributed by atoms with E-state index in [4.69, 9.17) is 0 Å². The van der Waals surface area contributed by atoms with E-state index in [0.717, 1.165) is 12.1 Å². The van der Waals surface area contributed by atoms with Gasteiger partial charge in [-0.05, 0) is 30.4 Å². The summed E-state index contributed by atoms with van der Waals surface area (Å²) in [5.41, 5.74) is 3.62. The van der Waals surface area contributed by atoms with Gasteiger partial charge in [-0.25, -0.2) is 9.97 Å². The van der Waals surface area contributed by atoms with Gasteiger partial charge in [0.1, 0.15) is 6.33 Å². The summed E-state index contributed by atoms with van der Waals surface area (Å²) in [7, 11) is 0. The normalized spacial score (nSPS) is 12.4. The first-order valence-corrected chi connectivity index (χ1v) is 6.75. The SMILES string of the molecule is CC(C)Cc1ccc(C(C)Nc2cncnc2)cc1. The molecule has 1 atom stereocenters. The number of aromatic nitrogens is 2. The average molecular weight is 255 g/mol. The molecule has 1 heterocycles. The van der Waals surface area contributed by atoms with Crippen LogP contribution in [0, 0.1) is 5.92 Å². The predicted octanol–water partition coefficient (Wildman–Crippen LogP) is 3.85. The molecule has 0 spiro atoms. The molecule has 1 aromatic heterocycles. The number of benzene rings is 1. The second kappa shape index (κ2) is 6.32. The van der Waals surface area contributed by atoms with Gasteiger partial charge in [-0.15, -0.1) is 0 Å². The number of rotatable bonds is 5. The Kier molecular flexibility index (Phi) is 4.50. The van der Waals surface area contributed by atoms with E-state index in [1.807, 2.05) is 0 Å². The summed E-state index contributed by atoms with van der Waals surface area (Å²) in [5, 5.41) is 3.39. The monoisotopic (exact) mass is 255 g/mol. The van der Waals surface area contributed by atoms with Crippen LogP contribution in [0.5, 0.6) is 0 Å². The summed E-state index contributed by atoms with van der Waals surface area (Å²) in [6, 6.07) is 9.07. The molecule has 0 saturated carbocycles. The van der Waals surface area contributed by atoms with E-state index in [0.29, 0.717) is 5.92 Å². The van der Waals surface area contributed by atoms with Crippen molar-refractivity contribution in [2.24, 2.45) is 5.92 Å². The van der Waals surface area contributed by atoms with E-state index in [1.54, 1.807) is 12.4 Å². The van der Waals surface area contributed by atoms with Crippen LogP contribution < -0.4 is 5.32 Å². The molecule has 0 aliphatic carbocycles. The van der Waals surface area contributed by atoms with E-state index in [-0.39, 0.29) is 6.04 Å². The van der Waals surface area contributed by atoms with Gasteiger partial charge in [0.2, 0.25) is 0 Å². The van der Waals surface area contributed by atoms with Crippen LogP contribution in [0.2, 0.25) is 0 Å². The first kappa shape index (κ1) is 13.5. The Hall–Kier alpha value is -1.90. The molecule has 0 amide bonds. The van der Waals surface area contributed by atoms with Crippen molar-refractivity contribution in [3.63, 3.8) is 0 Å². The summed E-state index contributed by atoms with van der Waals surface area (Å²) in [6.07, 6.45) is 6.25. The highest BCUT2D eigenvalue weighted by Gasteiger charge is 2.06. The Morgan fingerprint density at radius 3 is 2.21 bits per heavy atom. The Balaban J connectivity index is 2.01. The van der Waals surface area contributed by atoms with Crippen LogP contribution in [0.3, 0.4) is 0 Å². The zero-order valence-corrected chi connectivity index (χ0v) is 11.8. The zero-order valence-electron chi connectivity index (χ0n) is 11.8. The quantitative estimate of drug-likeness (QED) is 0.882. The van der Waals surface area contributed by atoms with E-state index < -0.39 is 0 Å². The molecule has 0 saturated heterocycles. The Morgan fingerprint density at radius 1 is 1.00 bits per heavy atom. The fourth-order valence-corrected chi connectivity index (χ4v) is 2.12. The Bertz CT molecular complexity index is 491. The van der Waals surface area contributed by atoms with Crippen LogP contribution in [0.4, 0.5) is 5.69 Å². The van der Waals surface area contributed by atoms with E-state index in [9.17, 15) is 0 Å².